The molecule has 1 aromatic carbocycles. The molecule has 2 aromatic heterocycles. The van der Waals surface area contributed by atoms with Gasteiger partial charge in [-0.1, -0.05) is 18.2 Å². The lowest BCUT2D eigenvalue weighted by molar-refractivity contribution is 0.112. The van der Waals surface area contributed by atoms with Crippen molar-refractivity contribution in [3.05, 3.63) is 60.0 Å². The quantitative estimate of drug-likeness (QED) is 0.687. The normalized spacial score (nSPS) is 10.3. The number of aldehydes is 1. The lowest BCUT2D eigenvalue weighted by Gasteiger charge is -2.03. The molecule has 0 radical (unpaired) electrons. The van der Waals surface area contributed by atoms with Crippen LogP contribution in [0, 0.1) is 6.92 Å². The molecule has 104 valence electrons. The fraction of sp³-hybridized carbons (Fsp3) is 0.0667. The number of hydrogen-bond donors (Lipinski definition) is 0. The van der Waals surface area contributed by atoms with E-state index < -0.39 is 0 Å². The molecule has 2 heterocycles. The number of carbonyl (C=O) groups excluding carboxylic acids is 1. The first-order valence-electron chi connectivity index (χ1n) is 6.33. The fourth-order valence-corrected chi connectivity index (χ4v) is 1.84. The summed E-state index contributed by atoms with van der Waals surface area (Å²) in [5, 5.41) is 4.23. The van der Waals surface area contributed by atoms with E-state index in [1.54, 1.807) is 17.1 Å². The van der Waals surface area contributed by atoms with Crippen molar-refractivity contribution in [1.29, 1.82) is 0 Å². The monoisotopic (exact) mass is 280 g/mol. The number of aromatic nitrogens is 4. The summed E-state index contributed by atoms with van der Waals surface area (Å²) in [6.45, 7) is 1.81. The molecule has 6 nitrogen and oxygen atoms in total. The largest absolute Gasteiger partial charge is 0.404 e. The maximum Gasteiger partial charge on any atom is 0.342 e. The van der Waals surface area contributed by atoms with E-state index in [-0.39, 0.29) is 6.01 Å². The minimum atomic E-state index is 0.202. The number of rotatable bonds is 4. The van der Waals surface area contributed by atoms with Crippen LogP contribution in [0.3, 0.4) is 0 Å². The molecule has 0 saturated carbocycles. The summed E-state index contributed by atoms with van der Waals surface area (Å²) in [6, 6.07) is 11.5. The molecule has 0 atom stereocenters. The van der Waals surface area contributed by atoms with Gasteiger partial charge in [0.15, 0.2) is 6.29 Å². The average molecular weight is 280 g/mol. The summed E-state index contributed by atoms with van der Waals surface area (Å²) in [5.41, 5.74) is 2.14. The molecule has 0 fully saturated rings. The highest BCUT2D eigenvalue weighted by atomic mass is 16.5. The van der Waals surface area contributed by atoms with Crippen LogP contribution in [0.15, 0.2) is 48.9 Å². The Hall–Kier alpha value is -3.02. The maximum atomic E-state index is 10.7. The van der Waals surface area contributed by atoms with Crippen LogP contribution < -0.4 is 4.74 Å². The molecule has 0 saturated heterocycles. The molecule has 0 unspecified atom stereocenters. The second kappa shape index (κ2) is 5.54. The smallest absolute Gasteiger partial charge is 0.342 e. The van der Waals surface area contributed by atoms with Crippen LogP contribution in [0.1, 0.15) is 15.9 Å². The van der Waals surface area contributed by atoms with E-state index in [2.05, 4.69) is 15.1 Å². The molecule has 0 N–H and O–H groups in total. The molecule has 0 aliphatic carbocycles. The van der Waals surface area contributed by atoms with E-state index in [0.717, 1.165) is 17.5 Å². The Labute approximate surface area is 121 Å². The van der Waals surface area contributed by atoms with Crippen molar-refractivity contribution in [3.63, 3.8) is 0 Å². The molecule has 0 aliphatic rings. The lowest BCUT2D eigenvalue weighted by Crippen LogP contribution is -1.97. The van der Waals surface area contributed by atoms with Crippen LogP contribution in [0.2, 0.25) is 0 Å². The molecule has 0 aliphatic heterocycles. The topological polar surface area (TPSA) is 69.9 Å². The Kier molecular flexibility index (Phi) is 3.42. The highest BCUT2D eigenvalue weighted by Crippen LogP contribution is 2.20. The van der Waals surface area contributed by atoms with Gasteiger partial charge in [0.25, 0.3) is 0 Å². The van der Waals surface area contributed by atoms with Gasteiger partial charge in [-0.05, 0) is 25.1 Å². The third kappa shape index (κ3) is 2.79. The van der Waals surface area contributed by atoms with Crippen molar-refractivity contribution in [2.75, 3.05) is 0 Å². The number of pyridine rings is 1. The summed E-state index contributed by atoms with van der Waals surface area (Å²) in [6.07, 6.45) is 3.76. The summed E-state index contributed by atoms with van der Waals surface area (Å²) in [4.78, 5) is 18.9. The molecular formula is C15H12N4O2. The number of para-hydroxylation sites is 1. The SMILES string of the molecule is Cc1cc(C=O)cnc1Oc1ncn(-c2ccccc2)n1. The van der Waals surface area contributed by atoms with Crippen LogP contribution in [0.5, 0.6) is 11.9 Å². The Morgan fingerprint density at radius 1 is 1.19 bits per heavy atom. The van der Waals surface area contributed by atoms with Gasteiger partial charge < -0.3 is 4.74 Å². The van der Waals surface area contributed by atoms with E-state index in [9.17, 15) is 4.79 Å². The van der Waals surface area contributed by atoms with E-state index in [1.807, 2.05) is 37.3 Å². The minimum Gasteiger partial charge on any atom is -0.404 e. The first-order valence-corrected chi connectivity index (χ1v) is 6.33. The summed E-state index contributed by atoms with van der Waals surface area (Å²) in [7, 11) is 0. The number of aryl methyl sites for hydroxylation is 1. The van der Waals surface area contributed by atoms with Crippen LogP contribution in [-0.2, 0) is 0 Å². The number of ether oxygens (including phenoxy) is 1. The number of benzene rings is 1. The third-order valence-corrected chi connectivity index (χ3v) is 2.87. The highest BCUT2D eigenvalue weighted by Gasteiger charge is 2.08. The zero-order chi connectivity index (χ0) is 14.7. The number of nitrogens with zero attached hydrogens (tertiary/aromatic N) is 4. The van der Waals surface area contributed by atoms with Gasteiger partial charge in [-0.15, -0.1) is 5.10 Å². The zero-order valence-corrected chi connectivity index (χ0v) is 11.3. The highest BCUT2D eigenvalue weighted by molar-refractivity contribution is 5.74. The van der Waals surface area contributed by atoms with Crippen LogP contribution in [0.4, 0.5) is 0 Å². The van der Waals surface area contributed by atoms with Gasteiger partial charge in [0, 0.05) is 17.3 Å². The van der Waals surface area contributed by atoms with Gasteiger partial charge >= 0.3 is 6.01 Å². The minimum absolute atomic E-state index is 0.202. The Morgan fingerprint density at radius 3 is 2.71 bits per heavy atom. The summed E-state index contributed by atoms with van der Waals surface area (Å²) in [5.74, 6) is 0.381. The van der Waals surface area contributed by atoms with E-state index in [4.69, 9.17) is 4.74 Å². The number of carbonyl (C=O) groups is 1. The molecule has 0 spiro atoms. The first-order chi connectivity index (χ1) is 10.3. The second-order valence-electron chi connectivity index (χ2n) is 4.42. The van der Waals surface area contributed by atoms with Crippen LogP contribution in [0.25, 0.3) is 5.69 Å². The van der Waals surface area contributed by atoms with E-state index in [0.29, 0.717) is 11.4 Å². The Morgan fingerprint density at radius 2 is 2.00 bits per heavy atom. The van der Waals surface area contributed by atoms with Crippen molar-refractivity contribution in [2.24, 2.45) is 0 Å². The van der Waals surface area contributed by atoms with Crippen LogP contribution >= 0.6 is 0 Å². The molecule has 0 bridgehead atoms. The van der Waals surface area contributed by atoms with Crippen molar-refractivity contribution >= 4 is 6.29 Å². The molecule has 3 aromatic rings. The van der Waals surface area contributed by atoms with Gasteiger partial charge in [-0.2, -0.15) is 4.98 Å². The average Bonchev–Trinajstić information content (AvgIpc) is 2.99. The van der Waals surface area contributed by atoms with E-state index in [1.165, 1.54) is 6.20 Å². The summed E-state index contributed by atoms with van der Waals surface area (Å²) >= 11 is 0. The zero-order valence-electron chi connectivity index (χ0n) is 11.3. The lowest BCUT2D eigenvalue weighted by atomic mass is 10.2. The summed E-state index contributed by atoms with van der Waals surface area (Å²) < 4.78 is 7.16. The molecule has 3 rings (SSSR count). The van der Waals surface area contributed by atoms with Crippen molar-refractivity contribution in [3.8, 4) is 17.6 Å². The van der Waals surface area contributed by atoms with Crippen LogP contribution in [-0.4, -0.2) is 26.0 Å². The van der Waals surface area contributed by atoms with Gasteiger partial charge in [-0.25, -0.2) is 9.67 Å². The Bertz CT molecular complexity index is 768. The van der Waals surface area contributed by atoms with Gasteiger partial charge in [0.05, 0.1) is 5.69 Å². The van der Waals surface area contributed by atoms with Crippen molar-refractivity contribution in [1.82, 2.24) is 19.7 Å². The van der Waals surface area contributed by atoms with Crippen molar-refractivity contribution in [2.45, 2.75) is 6.92 Å². The second-order valence-corrected chi connectivity index (χ2v) is 4.42. The fourth-order valence-electron chi connectivity index (χ4n) is 1.84. The van der Waals surface area contributed by atoms with Gasteiger partial charge in [0.1, 0.15) is 6.33 Å². The molecule has 21 heavy (non-hydrogen) atoms. The maximum absolute atomic E-state index is 10.7. The predicted molar refractivity (Wildman–Crippen MR) is 75.8 cm³/mol. The Balaban J connectivity index is 1.83. The third-order valence-electron chi connectivity index (χ3n) is 2.87. The molecule has 0 amide bonds. The van der Waals surface area contributed by atoms with Gasteiger partial charge in [-0.3, -0.25) is 4.79 Å². The standard InChI is InChI=1S/C15H12N4O2/c1-11-7-12(9-20)8-16-14(11)21-15-17-10-19(18-15)13-5-3-2-4-6-13/h2-10H,1H3. The first kappa shape index (κ1) is 13.0. The van der Waals surface area contributed by atoms with Crippen molar-refractivity contribution < 1.29 is 9.53 Å². The van der Waals surface area contributed by atoms with E-state index >= 15 is 0 Å². The molecule has 6 heteroatoms. The number of hydrogen-bond acceptors (Lipinski definition) is 5. The molecular weight excluding hydrogens is 268 g/mol. The van der Waals surface area contributed by atoms with Gasteiger partial charge in [0.2, 0.25) is 5.88 Å². The predicted octanol–water partition coefficient (Wildman–Crippen LogP) is 2.58.